The first kappa shape index (κ1) is 20.5. The van der Waals surface area contributed by atoms with Gasteiger partial charge in [0.05, 0.1) is 18.7 Å². The van der Waals surface area contributed by atoms with Crippen LogP contribution in [0.2, 0.25) is 0 Å². The van der Waals surface area contributed by atoms with Crippen LogP contribution in [0.4, 0.5) is 0 Å². The van der Waals surface area contributed by atoms with Gasteiger partial charge in [0.2, 0.25) is 0 Å². The molecule has 1 aromatic rings. The van der Waals surface area contributed by atoms with Crippen molar-refractivity contribution < 1.29 is 33.4 Å². The zero-order chi connectivity index (χ0) is 19.7. The Morgan fingerprint density at radius 3 is 2.65 bits per heavy atom. The number of hydrogen-bond acceptors (Lipinski definition) is 10. The van der Waals surface area contributed by atoms with Gasteiger partial charge in [-0.2, -0.15) is 5.26 Å². The van der Waals surface area contributed by atoms with E-state index in [4.69, 9.17) is 19.0 Å². The monoisotopic (exact) mass is 388 g/mol. The second-order valence-corrected chi connectivity index (χ2v) is 8.89. The smallest absolute Gasteiger partial charge is 0.378 e. The Hall–Kier alpha value is -1.83. The Morgan fingerprint density at radius 1 is 1.46 bits per heavy atom. The molecule has 1 unspecified atom stereocenters. The maximum Gasteiger partial charge on any atom is 0.378 e. The van der Waals surface area contributed by atoms with E-state index in [2.05, 4.69) is 10.1 Å². The minimum Gasteiger partial charge on any atom is -0.391 e. The molecule has 2 heterocycles. The van der Waals surface area contributed by atoms with Crippen molar-refractivity contribution in [2.45, 2.75) is 45.3 Å². The number of ether oxygens (including phenoxy) is 1. The largest absolute Gasteiger partial charge is 0.391 e. The molecule has 0 bridgehead atoms. The van der Waals surface area contributed by atoms with Gasteiger partial charge in [-0.25, -0.2) is 14.2 Å². The zero-order valence-corrected chi connectivity index (χ0v) is 15.7. The van der Waals surface area contributed by atoms with Gasteiger partial charge >= 0.3 is 13.6 Å². The van der Waals surface area contributed by atoms with Crippen molar-refractivity contribution in [2.24, 2.45) is 5.41 Å². The molecule has 5 atom stereocenters. The van der Waals surface area contributed by atoms with Crippen LogP contribution < -0.4 is 0 Å². The summed E-state index contributed by atoms with van der Waals surface area (Å²) in [6, 6.07) is 1.73. The van der Waals surface area contributed by atoms with Gasteiger partial charge in [0.15, 0.2) is 6.23 Å². The van der Waals surface area contributed by atoms with Crippen molar-refractivity contribution in [3.8, 4) is 6.07 Å². The normalized spacial score (nSPS) is 28.3. The lowest BCUT2D eigenvalue weighted by atomic mass is 9.98. The lowest BCUT2D eigenvalue weighted by molar-refractivity contribution is -0.143. The third kappa shape index (κ3) is 4.66. The fourth-order valence-electron chi connectivity index (χ4n) is 2.06. The SMILES string of the molecule is CC(C)(C)C(=O)OP(C)(=O)OC[C@H]1O[C@@H](n2cnc(C#N)n2)[C@H](O)[C@@H]1O. The second-order valence-electron chi connectivity index (χ2n) is 6.90. The molecule has 1 aliphatic heterocycles. The highest BCUT2D eigenvalue weighted by molar-refractivity contribution is 7.53. The molecule has 1 aromatic heterocycles. The highest BCUT2D eigenvalue weighted by atomic mass is 31.2. The number of aliphatic hydroxyl groups excluding tert-OH is 2. The van der Waals surface area contributed by atoms with Crippen LogP contribution in [0.5, 0.6) is 0 Å². The third-order valence-corrected chi connectivity index (χ3v) is 4.66. The van der Waals surface area contributed by atoms with Crippen LogP contribution >= 0.6 is 7.60 Å². The predicted octanol–water partition coefficient (Wildman–Crippen LogP) is 0.198. The van der Waals surface area contributed by atoms with E-state index in [1.807, 2.05) is 0 Å². The van der Waals surface area contributed by atoms with Crippen molar-refractivity contribution >= 4 is 13.6 Å². The van der Waals surface area contributed by atoms with E-state index in [-0.39, 0.29) is 12.4 Å². The lowest BCUT2D eigenvalue weighted by Crippen LogP contribution is -2.34. The minimum atomic E-state index is -3.74. The van der Waals surface area contributed by atoms with Gasteiger partial charge in [0, 0.05) is 0 Å². The summed E-state index contributed by atoms with van der Waals surface area (Å²) in [6.07, 6.45) is -3.70. The first-order valence-electron chi connectivity index (χ1n) is 7.73. The second kappa shape index (κ2) is 7.42. The zero-order valence-electron chi connectivity index (χ0n) is 14.8. The van der Waals surface area contributed by atoms with Crippen molar-refractivity contribution in [3.63, 3.8) is 0 Å². The van der Waals surface area contributed by atoms with Crippen molar-refractivity contribution in [2.75, 3.05) is 13.3 Å². The maximum atomic E-state index is 12.3. The van der Waals surface area contributed by atoms with E-state index < -0.39 is 43.5 Å². The number of nitrogens with zero attached hydrogens (tertiary/aromatic N) is 4. The van der Waals surface area contributed by atoms with Gasteiger partial charge in [-0.3, -0.25) is 9.32 Å². The Morgan fingerprint density at radius 2 is 2.12 bits per heavy atom. The van der Waals surface area contributed by atoms with Crippen LogP contribution in [0.15, 0.2) is 6.33 Å². The lowest BCUT2D eigenvalue weighted by Gasteiger charge is -2.22. The average Bonchev–Trinajstić information content (AvgIpc) is 3.10. The molecule has 26 heavy (non-hydrogen) atoms. The Labute approximate surface area is 150 Å². The number of nitriles is 1. The number of hydrogen-bond donors (Lipinski definition) is 2. The van der Waals surface area contributed by atoms with E-state index in [1.54, 1.807) is 26.8 Å². The molecule has 0 radical (unpaired) electrons. The maximum absolute atomic E-state index is 12.3. The van der Waals surface area contributed by atoms with Gasteiger partial charge in [-0.1, -0.05) is 0 Å². The van der Waals surface area contributed by atoms with Gasteiger partial charge in [-0.05, 0) is 20.8 Å². The van der Waals surface area contributed by atoms with Crippen LogP contribution in [-0.4, -0.2) is 62.5 Å². The summed E-state index contributed by atoms with van der Waals surface area (Å²) in [5.74, 6) is -0.817. The van der Waals surface area contributed by atoms with Crippen molar-refractivity contribution in [3.05, 3.63) is 12.2 Å². The van der Waals surface area contributed by atoms with E-state index in [0.29, 0.717) is 0 Å². The molecule has 144 valence electrons. The molecule has 0 aliphatic carbocycles. The molecule has 0 saturated carbocycles. The molecule has 1 fully saturated rings. The number of carbonyl (C=O) groups excluding carboxylic acids is 1. The highest BCUT2D eigenvalue weighted by Gasteiger charge is 2.45. The van der Waals surface area contributed by atoms with Gasteiger partial charge in [-0.15, -0.1) is 5.10 Å². The summed E-state index contributed by atoms with van der Waals surface area (Å²) in [6.45, 7) is 5.55. The topological polar surface area (TPSA) is 157 Å². The molecule has 1 aliphatic rings. The van der Waals surface area contributed by atoms with Gasteiger partial charge in [0.1, 0.15) is 30.7 Å². The summed E-state index contributed by atoms with van der Waals surface area (Å²) in [4.78, 5) is 15.5. The van der Waals surface area contributed by atoms with E-state index >= 15 is 0 Å². The van der Waals surface area contributed by atoms with E-state index in [0.717, 1.165) is 11.3 Å². The summed E-state index contributed by atoms with van der Waals surface area (Å²) in [5, 5.41) is 32.7. The van der Waals surface area contributed by atoms with Gasteiger partial charge < -0.3 is 19.5 Å². The summed E-state index contributed by atoms with van der Waals surface area (Å²) < 4.78 is 28.8. The summed E-state index contributed by atoms with van der Waals surface area (Å²) in [5.41, 5.74) is -0.856. The molecule has 11 nitrogen and oxygen atoms in total. The van der Waals surface area contributed by atoms with Crippen LogP contribution in [0.25, 0.3) is 0 Å². The molecule has 2 rings (SSSR count). The van der Waals surface area contributed by atoms with Crippen LogP contribution in [-0.2, 0) is 23.1 Å². The molecule has 2 N–H and O–H groups in total. The first-order valence-corrected chi connectivity index (χ1v) is 9.72. The average molecular weight is 388 g/mol. The standard InChI is InChI=1S/C14H21N4O7P/c1-14(2,3)13(21)25-26(4,22)23-6-8-10(19)11(20)12(24-8)18-7-16-9(5-15)17-18/h7-8,10-12,19-20H,6H2,1-4H3/t8-,10-,11-,12-,26?/m1/s1. The number of aromatic nitrogens is 3. The number of rotatable bonds is 5. The highest BCUT2D eigenvalue weighted by Crippen LogP contribution is 2.46. The Balaban J connectivity index is 1.98. The molecular formula is C14H21N4O7P. The van der Waals surface area contributed by atoms with Crippen molar-refractivity contribution in [1.82, 2.24) is 14.8 Å². The fraction of sp³-hybridized carbons (Fsp3) is 0.714. The van der Waals surface area contributed by atoms with E-state index in [1.165, 1.54) is 6.33 Å². The van der Waals surface area contributed by atoms with Crippen molar-refractivity contribution in [1.29, 1.82) is 5.26 Å². The number of carbonyl (C=O) groups is 1. The first-order chi connectivity index (χ1) is 11.9. The Bertz CT molecular complexity index is 753. The number of aliphatic hydroxyl groups is 2. The summed E-state index contributed by atoms with van der Waals surface area (Å²) >= 11 is 0. The predicted molar refractivity (Wildman–Crippen MR) is 85.7 cm³/mol. The van der Waals surface area contributed by atoms with Crippen LogP contribution in [0.3, 0.4) is 0 Å². The van der Waals surface area contributed by atoms with Crippen LogP contribution in [0.1, 0.15) is 32.8 Å². The fourth-order valence-corrected chi connectivity index (χ4v) is 3.10. The molecule has 12 heteroatoms. The quantitative estimate of drug-likeness (QED) is 0.668. The minimum absolute atomic E-state index is 0.123. The molecule has 0 aromatic carbocycles. The molecular weight excluding hydrogens is 367 g/mol. The van der Waals surface area contributed by atoms with Crippen LogP contribution in [0, 0.1) is 16.7 Å². The van der Waals surface area contributed by atoms with E-state index in [9.17, 15) is 19.6 Å². The third-order valence-electron chi connectivity index (χ3n) is 3.54. The Kier molecular flexibility index (Phi) is 5.85. The van der Waals surface area contributed by atoms with Gasteiger partial charge in [0.25, 0.3) is 5.82 Å². The molecule has 0 spiro atoms. The molecule has 0 amide bonds. The molecule has 1 saturated heterocycles. The summed E-state index contributed by atoms with van der Waals surface area (Å²) in [7, 11) is -3.74.